The summed E-state index contributed by atoms with van der Waals surface area (Å²) in [6, 6.07) is 0.819. The predicted molar refractivity (Wildman–Crippen MR) is 107 cm³/mol. The van der Waals surface area contributed by atoms with E-state index in [2.05, 4.69) is 57.9 Å². The van der Waals surface area contributed by atoms with Crippen molar-refractivity contribution in [1.29, 1.82) is 0 Å². The van der Waals surface area contributed by atoms with E-state index in [4.69, 9.17) is 5.10 Å². The molecule has 6 nitrogen and oxygen atoms in total. The van der Waals surface area contributed by atoms with Crippen LogP contribution in [0.3, 0.4) is 0 Å². The van der Waals surface area contributed by atoms with Crippen molar-refractivity contribution in [1.82, 2.24) is 29.1 Å². The molecule has 0 aromatic carbocycles. The van der Waals surface area contributed by atoms with Crippen LogP contribution in [0.4, 0.5) is 0 Å². The Bertz CT molecular complexity index is 909. The van der Waals surface area contributed by atoms with Crippen molar-refractivity contribution in [3.8, 4) is 11.3 Å². The first-order valence-electron chi connectivity index (χ1n) is 10.1. The topological polar surface area (TPSA) is 53.5 Å². The van der Waals surface area contributed by atoms with Crippen molar-refractivity contribution >= 4 is 0 Å². The van der Waals surface area contributed by atoms with Crippen LogP contribution in [0.5, 0.6) is 0 Å². The number of imidazole rings is 1. The molecule has 0 spiro atoms. The van der Waals surface area contributed by atoms with Crippen molar-refractivity contribution in [2.75, 3.05) is 0 Å². The van der Waals surface area contributed by atoms with Crippen molar-refractivity contribution in [2.45, 2.75) is 78.4 Å². The number of aryl methyl sites for hydroxylation is 1. The average molecular weight is 367 g/mol. The largest absolute Gasteiger partial charge is 0.328 e. The lowest BCUT2D eigenvalue weighted by Crippen LogP contribution is -2.16. The van der Waals surface area contributed by atoms with Crippen LogP contribution in [0.15, 0.2) is 24.9 Å². The van der Waals surface area contributed by atoms with Gasteiger partial charge in [0.15, 0.2) is 0 Å². The summed E-state index contributed by atoms with van der Waals surface area (Å²) in [6.45, 7) is 9.42. The van der Waals surface area contributed by atoms with Crippen molar-refractivity contribution < 1.29 is 0 Å². The molecule has 4 rings (SSSR count). The summed E-state index contributed by atoms with van der Waals surface area (Å²) in [5.41, 5.74) is 5.91. The number of nitrogens with zero attached hydrogens (tertiary/aromatic N) is 6. The van der Waals surface area contributed by atoms with Gasteiger partial charge in [0.25, 0.3) is 0 Å². The lowest BCUT2D eigenvalue weighted by atomic mass is 9.96. The minimum absolute atomic E-state index is 0.263. The SMILES string of the molecule is Cc1nn(C(C)Cn2cncc2-c2cnn(C3CCCCC3)c2)c(C)c1C. The highest BCUT2D eigenvalue weighted by Gasteiger charge is 2.19. The first-order valence-corrected chi connectivity index (χ1v) is 10.1. The molecule has 0 N–H and O–H groups in total. The molecule has 1 aliphatic carbocycles. The summed E-state index contributed by atoms with van der Waals surface area (Å²) >= 11 is 0. The van der Waals surface area contributed by atoms with Gasteiger partial charge < -0.3 is 4.57 Å². The number of aromatic nitrogens is 6. The summed E-state index contributed by atoms with van der Waals surface area (Å²) in [7, 11) is 0. The zero-order chi connectivity index (χ0) is 19.0. The van der Waals surface area contributed by atoms with Gasteiger partial charge in [0, 0.05) is 24.0 Å². The van der Waals surface area contributed by atoms with Crippen LogP contribution in [0.1, 0.15) is 68.1 Å². The molecule has 27 heavy (non-hydrogen) atoms. The van der Waals surface area contributed by atoms with Crippen molar-refractivity contribution in [2.24, 2.45) is 0 Å². The smallest absolute Gasteiger partial charge is 0.0951 e. The third kappa shape index (κ3) is 3.45. The molecule has 1 unspecified atom stereocenters. The van der Waals surface area contributed by atoms with Gasteiger partial charge in [0.1, 0.15) is 0 Å². The van der Waals surface area contributed by atoms with Crippen LogP contribution >= 0.6 is 0 Å². The number of rotatable bonds is 5. The summed E-state index contributed by atoms with van der Waals surface area (Å²) in [5.74, 6) is 0. The molecule has 0 bridgehead atoms. The van der Waals surface area contributed by atoms with Gasteiger partial charge in [-0.25, -0.2) is 4.98 Å². The minimum atomic E-state index is 0.263. The van der Waals surface area contributed by atoms with Gasteiger partial charge >= 0.3 is 0 Å². The van der Waals surface area contributed by atoms with Gasteiger partial charge in [-0.3, -0.25) is 9.36 Å². The molecule has 144 valence electrons. The van der Waals surface area contributed by atoms with E-state index >= 15 is 0 Å². The molecule has 1 fully saturated rings. The van der Waals surface area contributed by atoms with E-state index < -0.39 is 0 Å². The zero-order valence-corrected chi connectivity index (χ0v) is 16.9. The Hall–Kier alpha value is -2.37. The van der Waals surface area contributed by atoms with Gasteiger partial charge in [-0.05, 0) is 46.1 Å². The molecule has 1 aliphatic rings. The summed E-state index contributed by atoms with van der Waals surface area (Å²) in [6.07, 6.45) is 14.5. The highest BCUT2D eigenvalue weighted by atomic mass is 15.3. The van der Waals surface area contributed by atoms with E-state index in [0.29, 0.717) is 6.04 Å². The molecule has 6 heteroatoms. The van der Waals surface area contributed by atoms with Crippen molar-refractivity contribution in [3.63, 3.8) is 0 Å². The standard InChI is InChI=1S/C21H30N6/c1-15(27-18(4)16(2)17(3)24-27)12-25-14-22-11-21(25)19-10-23-26(13-19)20-8-6-5-7-9-20/h10-11,13-15,20H,5-9,12H2,1-4H3. The molecule has 0 amide bonds. The molecule has 0 radical (unpaired) electrons. The maximum atomic E-state index is 4.72. The third-order valence-corrected chi connectivity index (χ3v) is 6.12. The lowest BCUT2D eigenvalue weighted by Gasteiger charge is -2.21. The Morgan fingerprint density at radius 1 is 1.11 bits per heavy atom. The van der Waals surface area contributed by atoms with E-state index in [1.807, 2.05) is 18.7 Å². The third-order valence-electron chi connectivity index (χ3n) is 6.12. The normalized spacial score (nSPS) is 16.7. The second kappa shape index (κ2) is 7.33. The fourth-order valence-electron chi connectivity index (χ4n) is 4.26. The van der Waals surface area contributed by atoms with Crippen LogP contribution in [-0.4, -0.2) is 29.1 Å². The molecule has 1 saturated carbocycles. The average Bonchev–Trinajstić information content (AvgIpc) is 3.39. The highest BCUT2D eigenvalue weighted by Crippen LogP contribution is 2.29. The monoisotopic (exact) mass is 366 g/mol. The molecule has 3 aromatic heterocycles. The summed E-state index contributed by atoms with van der Waals surface area (Å²) in [5, 5.41) is 9.39. The first-order chi connectivity index (χ1) is 13.0. The van der Waals surface area contributed by atoms with Gasteiger partial charge in [-0.1, -0.05) is 19.3 Å². The van der Waals surface area contributed by atoms with Gasteiger partial charge in [0.05, 0.1) is 42.2 Å². The number of hydrogen-bond donors (Lipinski definition) is 0. The van der Waals surface area contributed by atoms with E-state index in [1.165, 1.54) is 43.4 Å². The molecule has 0 saturated heterocycles. The van der Waals surface area contributed by atoms with E-state index in [9.17, 15) is 0 Å². The van der Waals surface area contributed by atoms with Gasteiger partial charge in [-0.15, -0.1) is 0 Å². The molecule has 3 aromatic rings. The van der Waals surface area contributed by atoms with Crippen LogP contribution in [-0.2, 0) is 6.54 Å². The number of hydrogen-bond acceptors (Lipinski definition) is 3. The lowest BCUT2D eigenvalue weighted by molar-refractivity contribution is 0.329. The molecule has 1 atom stereocenters. The quantitative estimate of drug-likeness (QED) is 0.661. The Morgan fingerprint density at radius 3 is 2.59 bits per heavy atom. The summed E-state index contributed by atoms with van der Waals surface area (Å²) < 4.78 is 6.53. The summed E-state index contributed by atoms with van der Waals surface area (Å²) in [4.78, 5) is 4.41. The second-order valence-corrected chi connectivity index (χ2v) is 8.02. The molecule has 3 heterocycles. The Morgan fingerprint density at radius 2 is 1.89 bits per heavy atom. The Balaban J connectivity index is 1.54. The fourth-order valence-corrected chi connectivity index (χ4v) is 4.26. The van der Waals surface area contributed by atoms with E-state index in [1.54, 1.807) is 0 Å². The van der Waals surface area contributed by atoms with Crippen LogP contribution in [0.2, 0.25) is 0 Å². The van der Waals surface area contributed by atoms with Crippen LogP contribution in [0.25, 0.3) is 11.3 Å². The van der Waals surface area contributed by atoms with Crippen LogP contribution in [0, 0.1) is 20.8 Å². The van der Waals surface area contributed by atoms with E-state index in [0.717, 1.165) is 23.5 Å². The maximum absolute atomic E-state index is 4.72. The molecular formula is C21H30N6. The van der Waals surface area contributed by atoms with Gasteiger partial charge in [-0.2, -0.15) is 10.2 Å². The molecular weight excluding hydrogens is 336 g/mol. The second-order valence-electron chi connectivity index (χ2n) is 8.02. The fraction of sp³-hybridized carbons (Fsp3) is 0.571. The maximum Gasteiger partial charge on any atom is 0.0951 e. The highest BCUT2D eigenvalue weighted by molar-refractivity contribution is 5.56. The minimum Gasteiger partial charge on any atom is -0.328 e. The van der Waals surface area contributed by atoms with Crippen LogP contribution < -0.4 is 0 Å². The Kier molecular flexibility index (Phi) is 4.89. The Labute approximate surface area is 161 Å². The predicted octanol–water partition coefficient (Wildman–Crippen LogP) is 4.63. The molecule has 0 aliphatic heterocycles. The first kappa shape index (κ1) is 18.0. The van der Waals surface area contributed by atoms with E-state index in [-0.39, 0.29) is 6.04 Å². The zero-order valence-electron chi connectivity index (χ0n) is 16.9. The van der Waals surface area contributed by atoms with Gasteiger partial charge in [0.2, 0.25) is 0 Å². The van der Waals surface area contributed by atoms with Crippen molar-refractivity contribution in [3.05, 3.63) is 41.9 Å².